The van der Waals surface area contributed by atoms with E-state index in [1.165, 1.54) is 18.3 Å². The lowest BCUT2D eigenvalue weighted by atomic mass is 10.2. The number of sulfonamides is 1. The zero-order valence-electron chi connectivity index (χ0n) is 11.4. The lowest BCUT2D eigenvalue weighted by Crippen LogP contribution is -2.28. The molecule has 0 aliphatic heterocycles. The molecule has 0 atom stereocenters. The van der Waals surface area contributed by atoms with Crippen molar-refractivity contribution in [3.63, 3.8) is 0 Å². The summed E-state index contributed by atoms with van der Waals surface area (Å²) in [5.74, 6) is 0.702. The maximum atomic E-state index is 12.0. The first-order chi connectivity index (χ1) is 9.99. The van der Waals surface area contributed by atoms with E-state index in [1.807, 2.05) is 31.2 Å². The molecule has 0 saturated heterocycles. The van der Waals surface area contributed by atoms with E-state index in [4.69, 9.17) is 16.3 Å². The van der Waals surface area contributed by atoms with Gasteiger partial charge in [-0.1, -0.05) is 23.7 Å². The second kappa shape index (κ2) is 6.89. The fraction of sp³-hybridized carbons (Fsp3) is 0.214. The first kappa shape index (κ1) is 15.8. The van der Waals surface area contributed by atoms with E-state index >= 15 is 0 Å². The Morgan fingerprint density at radius 2 is 2.10 bits per heavy atom. The fourth-order valence-electron chi connectivity index (χ4n) is 1.70. The molecule has 7 heteroatoms. The molecule has 112 valence electrons. The number of rotatable bonds is 6. The van der Waals surface area contributed by atoms with Crippen molar-refractivity contribution in [2.24, 2.45) is 0 Å². The van der Waals surface area contributed by atoms with Gasteiger partial charge >= 0.3 is 0 Å². The van der Waals surface area contributed by atoms with Gasteiger partial charge in [0.1, 0.15) is 22.4 Å². The van der Waals surface area contributed by atoms with Gasteiger partial charge in [-0.15, -0.1) is 0 Å². The summed E-state index contributed by atoms with van der Waals surface area (Å²) in [6, 6.07) is 10.5. The number of hydrogen-bond donors (Lipinski definition) is 1. The monoisotopic (exact) mass is 326 g/mol. The van der Waals surface area contributed by atoms with Crippen LogP contribution < -0.4 is 9.46 Å². The highest BCUT2D eigenvalue weighted by Crippen LogP contribution is 2.17. The van der Waals surface area contributed by atoms with Crippen LogP contribution in [0.25, 0.3) is 0 Å². The molecule has 2 aromatic rings. The maximum absolute atomic E-state index is 12.0. The molecule has 0 amide bonds. The van der Waals surface area contributed by atoms with Crippen LogP contribution in [0.2, 0.25) is 5.15 Å². The predicted octanol–water partition coefficient (Wildman–Crippen LogP) is 2.40. The Labute approximate surface area is 129 Å². The van der Waals surface area contributed by atoms with E-state index in [9.17, 15) is 8.42 Å². The Kier molecular flexibility index (Phi) is 5.17. The van der Waals surface area contributed by atoms with E-state index in [1.54, 1.807) is 0 Å². The molecule has 0 bridgehead atoms. The Balaban J connectivity index is 1.90. The van der Waals surface area contributed by atoms with E-state index in [0.717, 1.165) is 5.56 Å². The summed E-state index contributed by atoms with van der Waals surface area (Å²) in [5.41, 5.74) is 1.08. The van der Waals surface area contributed by atoms with Crippen LogP contribution >= 0.6 is 11.6 Å². The van der Waals surface area contributed by atoms with Crippen molar-refractivity contribution in [1.82, 2.24) is 9.71 Å². The minimum absolute atomic E-state index is 0.0396. The molecular weight excluding hydrogens is 312 g/mol. The third-order valence-electron chi connectivity index (χ3n) is 2.67. The van der Waals surface area contributed by atoms with E-state index < -0.39 is 10.0 Å². The van der Waals surface area contributed by atoms with E-state index in [2.05, 4.69) is 9.71 Å². The van der Waals surface area contributed by atoms with Crippen molar-refractivity contribution in [3.05, 3.63) is 53.3 Å². The zero-order chi connectivity index (χ0) is 15.3. The second-order valence-electron chi connectivity index (χ2n) is 4.36. The van der Waals surface area contributed by atoms with Crippen LogP contribution in [-0.2, 0) is 10.0 Å². The van der Waals surface area contributed by atoms with Gasteiger partial charge in [0.25, 0.3) is 0 Å². The molecular formula is C14H15ClN2O3S. The number of pyridine rings is 1. The number of benzene rings is 1. The molecule has 0 aliphatic carbocycles. The van der Waals surface area contributed by atoms with Crippen LogP contribution in [0.3, 0.4) is 0 Å². The van der Waals surface area contributed by atoms with E-state index in [0.29, 0.717) is 5.75 Å². The van der Waals surface area contributed by atoms with Crippen molar-refractivity contribution in [1.29, 1.82) is 0 Å². The normalized spacial score (nSPS) is 11.3. The summed E-state index contributed by atoms with van der Waals surface area (Å²) >= 11 is 5.77. The van der Waals surface area contributed by atoms with Crippen LogP contribution in [0.4, 0.5) is 0 Å². The first-order valence-electron chi connectivity index (χ1n) is 6.29. The van der Waals surface area contributed by atoms with Crippen molar-refractivity contribution in [2.75, 3.05) is 13.2 Å². The molecule has 1 heterocycles. The molecule has 1 aromatic heterocycles. The largest absolute Gasteiger partial charge is 0.492 e. The number of nitrogens with zero attached hydrogens (tertiary/aromatic N) is 1. The number of hydrogen-bond acceptors (Lipinski definition) is 4. The van der Waals surface area contributed by atoms with Gasteiger partial charge in [-0.3, -0.25) is 0 Å². The minimum Gasteiger partial charge on any atom is -0.492 e. The Bertz CT molecular complexity index is 720. The van der Waals surface area contributed by atoms with Crippen molar-refractivity contribution < 1.29 is 13.2 Å². The number of aryl methyl sites for hydroxylation is 1. The highest BCUT2D eigenvalue weighted by Gasteiger charge is 2.17. The molecule has 0 fully saturated rings. The van der Waals surface area contributed by atoms with Crippen molar-refractivity contribution in [2.45, 2.75) is 11.8 Å². The summed E-state index contributed by atoms with van der Waals surface area (Å²) in [7, 11) is -3.68. The van der Waals surface area contributed by atoms with Gasteiger partial charge in [0.05, 0.1) is 0 Å². The van der Waals surface area contributed by atoms with Gasteiger partial charge in [0.15, 0.2) is 0 Å². The zero-order valence-corrected chi connectivity index (χ0v) is 13.0. The average Bonchev–Trinajstić information content (AvgIpc) is 2.44. The number of nitrogens with one attached hydrogen (secondary N) is 1. The van der Waals surface area contributed by atoms with Crippen LogP contribution in [-0.4, -0.2) is 26.6 Å². The fourth-order valence-corrected chi connectivity index (χ4v) is 3.16. The summed E-state index contributed by atoms with van der Waals surface area (Å²) < 4.78 is 32.0. The van der Waals surface area contributed by atoms with Crippen molar-refractivity contribution >= 4 is 21.6 Å². The molecule has 2 rings (SSSR count). The summed E-state index contributed by atoms with van der Waals surface area (Å²) in [4.78, 5) is 3.71. The van der Waals surface area contributed by atoms with Gasteiger partial charge in [-0.25, -0.2) is 18.1 Å². The second-order valence-corrected chi connectivity index (χ2v) is 6.45. The van der Waals surface area contributed by atoms with Crippen LogP contribution in [0.5, 0.6) is 5.75 Å². The Hall–Kier alpha value is -1.63. The van der Waals surface area contributed by atoms with Gasteiger partial charge in [-0.2, -0.15) is 0 Å². The Morgan fingerprint density at radius 1 is 1.29 bits per heavy atom. The maximum Gasteiger partial charge on any atom is 0.243 e. The molecule has 0 spiro atoms. The van der Waals surface area contributed by atoms with Crippen molar-refractivity contribution in [3.8, 4) is 5.75 Å². The lowest BCUT2D eigenvalue weighted by Gasteiger charge is -2.09. The molecule has 1 N–H and O–H groups in total. The standard InChI is InChI=1S/C14H15ClN2O3S/c1-11-4-2-5-12(10-11)20-9-8-17-21(18,19)13-6-3-7-16-14(13)15/h2-7,10,17H,8-9H2,1H3. The highest BCUT2D eigenvalue weighted by atomic mass is 35.5. The third kappa shape index (κ3) is 4.42. The van der Waals surface area contributed by atoms with E-state index in [-0.39, 0.29) is 23.2 Å². The van der Waals surface area contributed by atoms with Gasteiger partial charge < -0.3 is 4.74 Å². The smallest absolute Gasteiger partial charge is 0.243 e. The molecule has 0 saturated carbocycles. The highest BCUT2D eigenvalue weighted by molar-refractivity contribution is 7.89. The van der Waals surface area contributed by atoms with Crippen LogP contribution in [0.15, 0.2) is 47.5 Å². The molecule has 0 unspecified atom stereocenters. The SMILES string of the molecule is Cc1cccc(OCCNS(=O)(=O)c2cccnc2Cl)c1. The van der Waals surface area contributed by atoms with Gasteiger partial charge in [0, 0.05) is 12.7 Å². The Morgan fingerprint density at radius 3 is 2.81 bits per heavy atom. The lowest BCUT2D eigenvalue weighted by molar-refractivity contribution is 0.322. The predicted molar refractivity (Wildman–Crippen MR) is 81.1 cm³/mol. The minimum atomic E-state index is -3.68. The van der Waals surface area contributed by atoms with Crippen LogP contribution in [0.1, 0.15) is 5.56 Å². The molecule has 1 aromatic carbocycles. The molecule has 0 radical (unpaired) electrons. The van der Waals surface area contributed by atoms with Gasteiger partial charge in [-0.05, 0) is 36.8 Å². The third-order valence-corrected chi connectivity index (χ3v) is 4.57. The first-order valence-corrected chi connectivity index (χ1v) is 8.15. The van der Waals surface area contributed by atoms with Crippen LogP contribution in [0, 0.1) is 6.92 Å². The summed E-state index contributed by atoms with van der Waals surface area (Å²) in [6.45, 7) is 2.32. The topological polar surface area (TPSA) is 68.3 Å². The summed E-state index contributed by atoms with van der Waals surface area (Å²) in [5, 5.41) is -0.0513. The number of halogens is 1. The van der Waals surface area contributed by atoms with Gasteiger partial charge in [0.2, 0.25) is 10.0 Å². The quantitative estimate of drug-likeness (QED) is 0.654. The number of ether oxygens (including phenoxy) is 1. The molecule has 0 aliphatic rings. The summed E-state index contributed by atoms with van der Waals surface area (Å²) in [6.07, 6.45) is 1.43. The number of aromatic nitrogens is 1. The molecule has 5 nitrogen and oxygen atoms in total. The average molecular weight is 327 g/mol. The molecule has 21 heavy (non-hydrogen) atoms.